The van der Waals surface area contributed by atoms with E-state index in [0.29, 0.717) is 10.6 Å². The molecule has 0 unspecified atom stereocenters. The van der Waals surface area contributed by atoms with Gasteiger partial charge in [-0.2, -0.15) is 0 Å². The number of carbonyl (C=O) groups is 2. The van der Waals surface area contributed by atoms with E-state index in [9.17, 15) is 9.59 Å². The van der Waals surface area contributed by atoms with Crippen molar-refractivity contribution in [3.63, 3.8) is 0 Å². The van der Waals surface area contributed by atoms with Crippen molar-refractivity contribution in [2.45, 2.75) is 33.3 Å². The fraction of sp³-hybridized carbons (Fsp3) is 0.217. The van der Waals surface area contributed by atoms with E-state index in [1.165, 1.54) is 11.3 Å². The third-order valence-electron chi connectivity index (χ3n) is 4.47. The van der Waals surface area contributed by atoms with Gasteiger partial charge >= 0.3 is 5.97 Å². The summed E-state index contributed by atoms with van der Waals surface area (Å²) in [6.45, 7) is 5.61. The summed E-state index contributed by atoms with van der Waals surface area (Å²) in [5, 5.41) is 2.88. The van der Waals surface area contributed by atoms with Gasteiger partial charge in [-0.15, -0.1) is 11.3 Å². The lowest BCUT2D eigenvalue weighted by atomic mass is 10.0. The molecule has 28 heavy (non-hydrogen) atoms. The number of carbonyl (C=O) groups excluding carboxylic acids is 2. The van der Waals surface area contributed by atoms with Gasteiger partial charge in [0.1, 0.15) is 4.88 Å². The van der Waals surface area contributed by atoms with Crippen molar-refractivity contribution in [3.05, 3.63) is 76.0 Å². The molecule has 0 aliphatic carbocycles. The molecule has 3 aromatic rings. The van der Waals surface area contributed by atoms with Crippen LogP contribution >= 0.6 is 11.3 Å². The number of amides is 1. The van der Waals surface area contributed by atoms with Crippen molar-refractivity contribution in [1.82, 2.24) is 0 Å². The first-order valence-corrected chi connectivity index (χ1v) is 10.1. The van der Waals surface area contributed by atoms with E-state index >= 15 is 0 Å². The smallest absolute Gasteiger partial charge is 0.349 e. The molecule has 5 heteroatoms. The van der Waals surface area contributed by atoms with Crippen molar-refractivity contribution in [1.29, 1.82) is 0 Å². The maximum atomic E-state index is 12.6. The minimum atomic E-state index is -0.899. The molecule has 0 saturated carbocycles. The Morgan fingerprint density at radius 2 is 1.75 bits per heavy atom. The quantitative estimate of drug-likeness (QED) is 0.565. The molecule has 1 N–H and O–H groups in total. The molecule has 0 aliphatic rings. The van der Waals surface area contributed by atoms with Crippen LogP contribution in [0.3, 0.4) is 0 Å². The van der Waals surface area contributed by atoms with Gasteiger partial charge in [-0.1, -0.05) is 55.5 Å². The van der Waals surface area contributed by atoms with Crippen molar-refractivity contribution in [3.8, 4) is 11.1 Å². The van der Waals surface area contributed by atoms with Crippen molar-refractivity contribution < 1.29 is 14.3 Å². The largest absolute Gasteiger partial charge is 0.448 e. The molecule has 0 fully saturated rings. The first kappa shape index (κ1) is 19.8. The Kier molecular flexibility index (Phi) is 6.26. The van der Waals surface area contributed by atoms with Crippen LogP contribution in [0.4, 0.5) is 5.69 Å². The van der Waals surface area contributed by atoms with Gasteiger partial charge < -0.3 is 10.1 Å². The second-order valence-corrected chi connectivity index (χ2v) is 7.66. The molecule has 1 aromatic heterocycles. The van der Waals surface area contributed by atoms with Gasteiger partial charge in [0.2, 0.25) is 0 Å². The maximum Gasteiger partial charge on any atom is 0.349 e. The van der Waals surface area contributed by atoms with E-state index in [2.05, 4.69) is 5.32 Å². The van der Waals surface area contributed by atoms with E-state index in [4.69, 9.17) is 4.74 Å². The number of esters is 1. The lowest BCUT2D eigenvalue weighted by Gasteiger charge is -2.15. The van der Waals surface area contributed by atoms with Gasteiger partial charge in [-0.05, 0) is 43.5 Å². The monoisotopic (exact) mass is 393 g/mol. The molecule has 3 rings (SSSR count). The Labute approximate surface area is 169 Å². The number of ether oxygens (including phenoxy) is 1. The molecule has 1 atom stereocenters. The molecule has 144 valence electrons. The Morgan fingerprint density at radius 1 is 1.07 bits per heavy atom. The van der Waals surface area contributed by atoms with Gasteiger partial charge in [0, 0.05) is 16.1 Å². The van der Waals surface area contributed by atoms with Crippen LogP contribution in [0, 0.1) is 6.92 Å². The number of rotatable bonds is 6. The number of hydrogen-bond donors (Lipinski definition) is 1. The topological polar surface area (TPSA) is 55.4 Å². The Morgan fingerprint density at radius 3 is 2.43 bits per heavy atom. The minimum Gasteiger partial charge on any atom is -0.448 e. The number of anilines is 1. The molecule has 2 aromatic carbocycles. The first-order chi connectivity index (χ1) is 13.5. The molecule has 4 nitrogen and oxygen atoms in total. The summed E-state index contributed by atoms with van der Waals surface area (Å²) in [5.41, 5.74) is 3.68. The maximum absolute atomic E-state index is 12.6. The van der Waals surface area contributed by atoms with Crippen molar-refractivity contribution in [2.24, 2.45) is 0 Å². The zero-order valence-electron chi connectivity index (χ0n) is 16.2. The summed E-state index contributed by atoms with van der Waals surface area (Å²) >= 11 is 1.42. The van der Waals surface area contributed by atoms with E-state index in [-0.39, 0.29) is 5.91 Å². The van der Waals surface area contributed by atoms with Crippen LogP contribution in [0.15, 0.2) is 60.7 Å². The number of benzene rings is 2. The predicted octanol–water partition coefficient (Wildman–Crippen LogP) is 5.47. The summed E-state index contributed by atoms with van der Waals surface area (Å²) < 4.78 is 5.39. The van der Waals surface area contributed by atoms with E-state index in [1.54, 1.807) is 6.92 Å². The first-order valence-electron chi connectivity index (χ1n) is 9.25. The average Bonchev–Trinajstić information content (AvgIpc) is 3.10. The SMILES string of the molecule is CCc1sc(C(=O)O[C@@H](C)C(=O)Nc2ccccc2-c2ccccc2)cc1C. The molecule has 0 saturated heterocycles. The zero-order chi connectivity index (χ0) is 20.1. The molecule has 1 amide bonds. The molecule has 0 bridgehead atoms. The molecule has 0 spiro atoms. The number of aryl methyl sites for hydroxylation is 2. The van der Waals surface area contributed by atoms with Gasteiger partial charge in [0.15, 0.2) is 6.10 Å². The highest BCUT2D eigenvalue weighted by Gasteiger charge is 2.21. The average molecular weight is 394 g/mol. The van der Waals surface area contributed by atoms with E-state index < -0.39 is 12.1 Å². The summed E-state index contributed by atoms with van der Waals surface area (Å²) in [4.78, 5) is 26.7. The Bertz CT molecular complexity index is 979. The van der Waals surface area contributed by atoms with Gasteiger partial charge in [0.05, 0.1) is 0 Å². The van der Waals surface area contributed by atoms with Crippen LogP contribution in [0.25, 0.3) is 11.1 Å². The number of para-hydroxylation sites is 1. The van der Waals surface area contributed by atoms with E-state index in [1.807, 2.05) is 74.5 Å². The fourth-order valence-corrected chi connectivity index (χ4v) is 3.94. The second-order valence-electron chi connectivity index (χ2n) is 6.52. The molecule has 0 aliphatic heterocycles. The van der Waals surface area contributed by atoms with Gasteiger partial charge in [0.25, 0.3) is 5.91 Å². The summed E-state index contributed by atoms with van der Waals surface area (Å²) in [6, 6.07) is 19.2. The standard InChI is InChI=1S/C23H23NO3S/c1-4-20-15(2)14-21(28-20)23(26)27-16(3)22(25)24-19-13-9-8-12-18(19)17-10-6-5-7-11-17/h5-14,16H,4H2,1-3H3,(H,24,25)/t16-/m0/s1. The Balaban J connectivity index is 1.70. The minimum absolute atomic E-state index is 0.360. The lowest BCUT2D eigenvalue weighted by molar-refractivity contribution is -0.123. The highest BCUT2D eigenvalue weighted by atomic mass is 32.1. The van der Waals surface area contributed by atoms with Crippen LogP contribution in [0.5, 0.6) is 0 Å². The molecular formula is C23H23NO3S. The third-order valence-corrected chi connectivity index (χ3v) is 5.83. The highest BCUT2D eigenvalue weighted by Crippen LogP contribution is 2.28. The zero-order valence-corrected chi connectivity index (χ0v) is 17.0. The molecular weight excluding hydrogens is 370 g/mol. The normalized spacial score (nSPS) is 11.7. The fourth-order valence-electron chi connectivity index (χ4n) is 2.94. The van der Waals surface area contributed by atoms with Crippen LogP contribution in [0.2, 0.25) is 0 Å². The van der Waals surface area contributed by atoms with Gasteiger partial charge in [-0.25, -0.2) is 4.79 Å². The van der Waals surface area contributed by atoms with Crippen LogP contribution in [-0.4, -0.2) is 18.0 Å². The van der Waals surface area contributed by atoms with E-state index in [0.717, 1.165) is 28.0 Å². The summed E-state index contributed by atoms with van der Waals surface area (Å²) in [5.74, 6) is -0.826. The molecule has 1 heterocycles. The number of thiophene rings is 1. The predicted molar refractivity (Wildman–Crippen MR) is 114 cm³/mol. The Hall–Kier alpha value is -2.92. The summed E-state index contributed by atoms with van der Waals surface area (Å²) in [7, 11) is 0. The van der Waals surface area contributed by atoms with Crippen molar-refractivity contribution in [2.75, 3.05) is 5.32 Å². The van der Waals surface area contributed by atoms with Gasteiger partial charge in [-0.3, -0.25) is 4.79 Å². The third kappa shape index (κ3) is 4.49. The second kappa shape index (κ2) is 8.85. The number of hydrogen-bond acceptors (Lipinski definition) is 4. The number of nitrogens with one attached hydrogen (secondary N) is 1. The van der Waals surface area contributed by atoms with Crippen LogP contribution in [-0.2, 0) is 16.0 Å². The molecule has 0 radical (unpaired) electrons. The van der Waals surface area contributed by atoms with Crippen LogP contribution in [0.1, 0.15) is 34.0 Å². The van der Waals surface area contributed by atoms with Crippen LogP contribution < -0.4 is 5.32 Å². The summed E-state index contributed by atoms with van der Waals surface area (Å²) in [6.07, 6.45) is -0.0281. The highest BCUT2D eigenvalue weighted by molar-refractivity contribution is 7.14. The van der Waals surface area contributed by atoms with Crippen molar-refractivity contribution >= 4 is 28.9 Å². The lowest BCUT2D eigenvalue weighted by Crippen LogP contribution is -2.30.